The summed E-state index contributed by atoms with van der Waals surface area (Å²) in [5.41, 5.74) is 2.31. The second kappa shape index (κ2) is 13.0. The van der Waals surface area contributed by atoms with Crippen molar-refractivity contribution in [2.75, 3.05) is 32.2 Å². The van der Waals surface area contributed by atoms with Crippen molar-refractivity contribution in [3.05, 3.63) is 56.0 Å². The third-order valence-electron chi connectivity index (χ3n) is 5.23. The van der Waals surface area contributed by atoms with Gasteiger partial charge in [0.25, 0.3) is 11.1 Å². The van der Waals surface area contributed by atoms with E-state index in [-0.39, 0.29) is 18.1 Å². The lowest BCUT2D eigenvalue weighted by Gasteiger charge is -2.14. The zero-order chi connectivity index (χ0) is 27.1. The molecule has 9 nitrogen and oxygen atoms in total. The Labute approximate surface area is 233 Å². The maximum atomic E-state index is 12.9. The Morgan fingerprint density at radius 2 is 1.86 bits per heavy atom. The summed E-state index contributed by atoms with van der Waals surface area (Å²) in [6, 6.07) is 10.8. The van der Waals surface area contributed by atoms with Gasteiger partial charge in [0.1, 0.15) is 6.54 Å². The van der Waals surface area contributed by atoms with E-state index < -0.39 is 29.6 Å². The van der Waals surface area contributed by atoms with Gasteiger partial charge in [-0.15, -0.1) is 0 Å². The van der Waals surface area contributed by atoms with E-state index in [9.17, 15) is 19.2 Å². The van der Waals surface area contributed by atoms with Crippen molar-refractivity contribution in [1.82, 2.24) is 4.90 Å². The Balaban J connectivity index is 1.70. The number of anilines is 1. The number of hydrogen-bond acceptors (Lipinski definition) is 8. The molecule has 0 atom stereocenters. The highest BCUT2D eigenvalue weighted by Gasteiger charge is 2.36. The first-order valence-electron chi connectivity index (χ1n) is 11.4. The number of esters is 1. The van der Waals surface area contributed by atoms with E-state index in [1.54, 1.807) is 37.3 Å². The van der Waals surface area contributed by atoms with Crippen LogP contribution < -0.4 is 14.8 Å². The number of imide groups is 1. The van der Waals surface area contributed by atoms with Gasteiger partial charge in [-0.05, 0) is 88.7 Å². The van der Waals surface area contributed by atoms with Crippen molar-refractivity contribution in [3.63, 3.8) is 0 Å². The van der Waals surface area contributed by atoms with Crippen LogP contribution in [0.5, 0.6) is 11.5 Å². The molecule has 0 spiro atoms. The number of carbonyl (C=O) groups is 4. The SMILES string of the molecule is CCOC(=O)COc1c(I)cc(/C=C2/SC(=O)N(CC(=O)Nc3ccc(C(C)C)cc3)C2=O)cc1OC. The van der Waals surface area contributed by atoms with Crippen molar-refractivity contribution in [2.24, 2.45) is 0 Å². The molecule has 196 valence electrons. The Morgan fingerprint density at radius 3 is 2.49 bits per heavy atom. The number of ether oxygens (including phenoxy) is 3. The Hall–Kier alpha value is -3.06. The van der Waals surface area contributed by atoms with E-state index in [4.69, 9.17) is 14.2 Å². The maximum absolute atomic E-state index is 12.9. The van der Waals surface area contributed by atoms with Gasteiger partial charge in [0.2, 0.25) is 5.91 Å². The second-order valence-electron chi connectivity index (χ2n) is 8.22. The standard InChI is InChI=1S/C26H27IN2O7S/c1-5-35-23(31)14-36-24-19(27)10-16(11-20(24)34-4)12-21-25(32)29(26(33)37-21)13-22(30)28-18-8-6-17(7-9-18)15(2)3/h6-12,15H,5,13-14H2,1-4H3,(H,28,30)/b21-12+. The number of carbonyl (C=O) groups excluding carboxylic acids is 4. The van der Waals surface area contributed by atoms with E-state index in [0.29, 0.717) is 32.2 Å². The average molecular weight is 638 g/mol. The summed E-state index contributed by atoms with van der Waals surface area (Å²) in [7, 11) is 1.45. The highest BCUT2D eigenvalue weighted by Crippen LogP contribution is 2.37. The van der Waals surface area contributed by atoms with Gasteiger partial charge in [0, 0.05) is 5.69 Å². The van der Waals surface area contributed by atoms with Crippen molar-refractivity contribution in [2.45, 2.75) is 26.7 Å². The Kier molecular flexibility index (Phi) is 9.98. The molecule has 1 aliphatic heterocycles. The monoisotopic (exact) mass is 638 g/mol. The van der Waals surface area contributed by atoms with Crippen LogP contribution in [0, 0.1) is 3.57 Å². The van der Waals surface area contributed by atoms with Gasteiger partial charge in [-0.3, -0.25) is 19.3 Å². The Morgan fingerprint density at radius 1 is 1.16 bits per heavy atom. The van der Waals surface area contributed by atoms with Gasteiger partial charge >= 0.3 is 5.97 Å². The molecule has 1 aliphatic rings. The minimum atomic E-state index is -0.558. The molecule has 0 saturated carbocycles. The number of rotatable bonds is 10. The molecule has 0 radical (unpaired) electrons. The van der Waals surface area contributed by atoms with Crippen LogP contribution in [0.3, 0.4) is 0 Å². The molecule has 0 bridgehead atoms. The predicted molar refractivity (Wildman–Crippen MR) is 150 cm³/mol. The van der Waals surface area contributed by atoms with Gasteiger partial charge in [-0.25, -0.2) is 4.79 Å². The molecule has 1 heterocycles. The molecule has 1 saturated heterocycles. The number of nitrogens with one attached hydrogen (secondary N) is 1. The number of nitrogens with zero attached hydrogens (tertiary/aromatic N) is 1. The highest BCUT2D eigenvalue weighted by atomic mass is 127. The van der Waals surface area contributed by atoms with Crippen LogP contribution in [0.15, 0.2) is 41.3 Å². The molecule has 0 aromatic heterocycles. The third-order valence-corrected chi connectivity index (χ3v) is 6.93. The first-order chi connectivity index (χ1) is 17.6. The summed E-state index contributed by atoms with van der Waals surface area (Å²) in [5, 5.41) is 2.19. The molecule has 3 rings (SSSR count). The zero-order valence-electron chi connectivity index (χ0n) is 20.8. The van der Waals surface area contributed by atoms with Crippen molar-refractivity contribution in [3.8, 4) is 11.5 Å². The molecule has 2 aromatic carbocycles. The fourth-order valence-corrected chi connectivity index (χ4v) is 5.00. The van der Waals surface area contributed by atoms with Gasteiger partial charge in [-0.1, -0.05) is 26.0 Å². The van der Waals surface area contributed by atoms with Crippen LogP contribution >= 0.6 is 34.4 Å². The van der Waals surface area contributed by atoms with Gasteiger partial charge in [0.05, 0.1) is 22.2 Å². The zero-order valence-corrected chi connectivity index (χ0v) is 23.8. The quantitative estimate of drug-likeness (QED) is 0.219. The van der Waals surface area contributed by atoms with Crippen LogP contribution in [0.4, 0.5) is 10.5 Å². The fraction of sp³-hybridized carbons (Fsp3) is 0.308. The Bertz CT molecular complexity index is 1230. The largest absolute Gasteiger partial charge is 0.493 e. The molecule has 0 unspecified atom stereocenters. The fourth-order valence-electron chi connectivity index (χ4n) is 3.38. The summed E-state index contributed by atoms with van der Waals surface area (Å²) < 4.78 is 16.5. The van der Waals surface area contributed by atoms with Crippen molar-refractivity contribution < 1.29 is 33.4 Å². The van der Waals surface area contributed by atoms with Crippen LogP contribution in [-0.4, -0.2) is 54.8 Å². The van der Waals surface area contributed by atoms with Gasteiger partial charge in [0.15, 0.2) is 18.1 Å². The molecule has 37 heavy (non-hydrogen) atoms. The molecule has 1 fully saturated rings. The average Bonchev–Trinajstić information content (AvgIpc) is 3.10. The normalized spacial score (nSPS) is 14.3. The van der Waals surface area contributed by atoms with E-state index in [1.165, 1.54) is 7.11 Å². The second-order valence-corrected chi connectivity index (χ2v) is 10.4. The van der Waals surface area contributed by atoms with Crippen LogP contribution in [0.25, 0.3) is 6.08 Å². The molecule has 3 amide bonds. The molecule has 1 N–H and O–H groups in total. The summed E-state index contributed by atoms with van der Waals surface area (Å²) in [6.07, 6.45) is 1.55. The van der Waals surface area contributed by atoms with Crippen LogP contribution in [0.2, 0.25) is 0 Å². The van der Waals surface area contributed by atoms with Crippen molar-refractivity contribution in [1.29, 1.82) is 0 Å². The number of methoxy groups -OCH3 is 1. The van der Waals surface area contributed by atoms with E-state index in [0.717, 1.165) is 22.2 Å². The maximum Gasteiger partial charge on any atom is 0.344 e. The first-order valence-corrected chi connectivity index (χ1v) is 13.3. The highest BCUT2D eigenvalue weighted by molar-refractivity contribution is 14.1. The first kappa shape index (κ1) is 28.5. The molecule has 2 aromatic rings. The number of hydrogen-bond donors (Lipinski definition) is 1. The van der Waals surface area contributed by atoms with Crippen LogP contribution in [0.1, 0.15) is 37.8 Å². The van der Waals surface area contributed by atoms with Gasteiger partial charge < -0.3 is 19.5 Å². The lowest BCUT2D eigenvalue weighted by molar-refractivity contribution is -0.145. The molecule has 11 heteroatoms. The summed E-state index contributed by atoms with van der Waals surface area (Å²) >= 11 is 2.78. The summed E-state index contributed by atoms with van der Waals surface area (Å²) in [6.45, 7) is 5.43. The molecular formula is C26H27IN2O7S. The van der Waals surface area contributed by atoms with E-state index in [1.807, 2.05) is 34.7 Å². The topological polar surface area (TPSA) is 111 Å². The van der Waals surface area contributed by atoms with E-state index >= 15 is 0 Å². The minimum absolute atomic E-state index is 0.178. The number of benzene rings is 2. The predicted octanol–water partition coefficient (Wildman–Crippen LogP) is 5.04. The van der Waals surface area contributed by atoms with Crippen molar-refractivity contribution >= 4 is 69.1 Å². The van der Waals surface area contributed by atoms with Gasteiger partial charge in [-0.2, -0.15) is 0 Å². The molecule has 0 aliphatic carbocycles. The minimum Gasteiger partial charge on any atom is -0.493 e. The summed E-state index contributed by atoms with van der Waals surface area (Å²) in [4.78, 5) is 50.6. The lowest BCUT2D eigenvalue weighted by Crippen LogP contribution is -2.36. The number of thioether (sulfide) groups is 1. The van der Waals surface area contributed by atoms with Crippen LogP contribution in [-0.2, 0) is 19.1 Å². The molecular weight excluding hydrogens is 611 g/mol. The van der Waals surface area contributed by atoms with E-state index in [2.05, 4.69) is 19.2 Å². The lowest BCUT2D eigenvalue weighted by atomic mass is 10.0. The summed E-state index contributed by atoms with van der Waals surface area (Å²) in [5.74, 6) is -0.459. The smallest absolute Gasteiger partial charge is 0.344 e. The number of amides is 3. The third kappa shape index (κ3) is 7.48. The number of halogens is 1.